The van der Waals surface area contributed by atoms with Crippen LogP contribution in [-0.2, 0) is 13.0 Å². The Morgan fingerprint density at radius 1 is 1.33 bits per heavy atom. The molecule has 9 heteroatoms. The fraction of sp³-hybridized carbons (Fsp3) is 0.267. The van der Waals surface area contributed by atoms with Gasteiger partial charge in [0.1, 0.15) is 0 Å². The molecule has 4 rings (SSSR count). The molecule has 0 fully saturated rings. The standard InChI is InChI=1S/C15H14F2N6O/c16-13(17)14-20-10-2-1-7(5-11(10)21-14)19-15(24)12-8-6-18-4-3-9(8)22-23-12/h1-2,5,13,18H,3-4,6H2,(H,19,24)(H,20,21)(H,22,23). The number of alkyl halides is 2. The van der Waals surface area contributed by atoms with Gasteiger partial charge < -0.3 is 15.6 Å². The molecular weight excluding hydrogens is 318 g/mol. The zero-order chi connectivity index (χ0) is 16.7. The number of benzene rings is 1. The molecule has 0 spiro atoms. The van der Waals surface area contributed by atoms with Crippen LogP contribution in [-0.4, -0.2) is 32.6 Å². The zero-order valence-corrected chi connectivity index (χ0v) is 12.5. The Morgan fingerprint density at radius 2 is 2.21 bits per heavy atom. The van der Waals surface area contributed by atoms with E-state index in [1.807, 2.05) is 0 Å². The fourth-order valence-electron chi connectivity index (χ4n) is 2.81. The van der Waals surface area contributed by atoms with Crippen molar-refractivity contribution in [1.29, 1.82) is 0 Å². The van der Waals surface area contributed by atoms with Crippen molar-refractivity contribution in [1.82, 2.24) is 25.5 Å². The lowest BCUT2D eigenvalue weighted by Crippen LogP contribution is -2.25. The van der Waals surface area contributed by atoms with Gasteiger partial charge in [-0.1, -0.05) is 0 Å². The molecule has 7 nitrogen and oxygen atoms in total. The van der Waals surface area contributed by atoms with Gasteiger partial charge in [-0.05, 0) is 18.2 Å². The SMILES string of the molecule is O=C(Nc1ccc2nc(C(F)F)[nH]c2c1)c1n[nH]c2c1CNCC2. The van der Waals surface area contributed by atoms with Crippen LogP contribution in [0.15, 0.2) is 18.2 Å². The Kier molecular flexibility index (Phi) is 3.49. The second-order valence-electron chi connectivity index (χ2n) is 5.56. The normalized spacial score (nSPS) is 14.1. The molecule has 1 aliphatic rings. The second kappa shape index (κ2) is 5.68. The molecule has 3 heterocycles. The number of carbonyl (C=O) groups excluding carboxylic acids is 1. The number of halogens is 2. The van der Waals surface area contributed by atoms with Crippen LogP contribution in [0.2, 0.25) is 0 Å². The van der Waals surface area contributed by atoms with Gasteiger partial charge in [-0.15, -0.1) is 0 Å². The summed E-state index contributed by atoms with van der Waals surface area (Å²) in [5.41, 5.74) is 3.51. The molecule has 24 heavy (non-hydrogen) atoms. The maximum Gasteiger partial charge on any atom is 0.295 e. The minimum absolute atomic E-state index is 0.343. The molecule has 0 atom stereocenters. The molecule has 0 bridgehead atoms. The Bertz CT molecular complexity index is 916. The van der Waals surface area contributed by atoms with E-state index in [-0.39, 0.29) is 11.7 Å². The molecule has 124 valence electrons. The van der Waals surface area contributed by atoms with E-state index in [2.05, 4.69) is 30.8 Å². The zero-order valence-electron chi connectivity index (χ0n) is 12.5. The van der Waals surface area contributed by atoms with Gasteiger partial charge in [0, 0.05) is 36.5 Å². The van der Waals surface area contributed by atoms with Gasteiger partial charge in [0.05, 0.1) is 11.0 Å². The van der Waals surface area contributed by atoms with Crippen LogP contribution in [0.25, 0.3) is 11.0 Å². The third-order valence-electron chi connectivity index (χ3n) is 3.99. The van der Waals surface area contributed by atoms with Crippen LogP contribution >= 0.6 is 0 Å². The summed E-state index contributed by atoms with van der Waals surface area (Å²) < 4.78 is 25.4. The molecule has 3 aromatic rings. The largest absolute Gasteiger partial charge is 0.337 e. The number of nitrogens with zero attached hydrogens (tertiary/aromatic N) is 2. The van der Waals surface area contributed by atoms with Crippen molar-refractivity contribution in [3.63, 3.8) is 0 Å². The van der Waals surface area contributed by atoms with Crippen molar-refractivity contribution in [3.05, 3.63) is 41.0 Å². The van der Waals surface area contributed by atoms with Gasteiger partial charge in [0.25, 0.3) is 12.3 Å². The summed E-state index contributed by atoms with van der Waals surface area (Å²) in [4.78, 5) is 18.8. The summed E-state index contributed by atoms with van der Waals surface area (Å²) in [5, 5.41) is 12.9. The van der Waals surface area contributed by atoms with Crippen LogP contribution in [0.1, 0.15) is 34.0 Å². The number of amides is 1. The van der Waals surface area contributed by atoms with Crippen molar-refractivity contribution in [2.24, 2.45) is 0 Å². The van der Waals surface area contributed by atoms with Crippen LogP contribution in [0.3, 0.4) is 0 Å². The fourth-order valence-corrected chi connectivity index (χ4v) is 2.81. The summed E-state index contributed by atoms with van der Waals surface area (Å²) in [6, 6.07) is 4.77. The number of hydrogen-bond donors (Lipinski definition) is 4. The van der Waals surface area contributed by atoms with E-state index in [1.165, 1.54) is 0 Å². The maximum atomic E-state index is 12.7. The highest BCUT2D eigenvalue weighted by molar-refractivity contribution is 6.04. The number of imidazole rings is 1. The van der Waals surface area contributed by atoms with Crippen molar-refractivity contribution < 1.29 is 13.6 Å². The van der Waals surface area contributed by atoms with Crippen LogP contribution in [0.5, 0.6) is 0 Å². The van der Waals surface area contributed by atoms with Crippen molar-refractivity contribution in [2.45, 2.75) is 19.4 Å². The smallest absolute Gasteiger partial charge is 0.295 e. The highest BCUT2D eigenvalue weighted by Crippen LogP contribution is 2.23. The number of H-pyrrole nitrogens is 2. The van der Waals surface area contributed by atoms with Gasteiger partial charge in [0.2, 0.25) is 0 Å². The first-order valence-electron chi connectivity index (χ1n) is 7.48. The minimum Gasteiger partial charge on any atom is -0.337 e. The van der Waals surface area contributed by atoms with Gasteiger partial charge >= 0.3 is 0 Å². The summed E-state index contributed by atoms with van der Waals surface area (Å²) in [5.74, 6) is -0.731. The van der Waals surface area contributed by atoms with Crippen LogP contribution < -0.4 is 10.6 Å². The molecule has 1 aromatic carbocycles. The number of hydrogen-bond acceptors (Lipinski definition) is 4. The highest BCUT2D eigenvalue weighted by atomic mass is 19.3. The maximum absolute atomic E-state index is 12.7. The molecule has 2 aromatic heterocycles. The summed E-state index contributed by atoms with van der Waals surface area (Å²) >= 11 is 0. The van der Waals surface area contributed by atoms with E-state index in [1.54, 1.807) is 18.2 Å². The summed E-state index contributed by atoms with van der Waals surface area (Å²) in [6.45, 7) is 1.44. The van der Waals surface area contributed by atoms with Crippen molar-refractivity contribution in [3.8, 4) is 0 Å². The van der Waals surface area contributed by atoms with Crippen LogP contribution in [0.4, 0.5) is 14.5 Å². The van der Waals surface area contributed by atoms with Gasteiger partial charge in [-0.3, -0.25) is 9.89 Å². The number of rotatable bonds is 3. The predicted octanol–water partition coefficient (Wildman–Crippen LogP) is 2.12. The van der Waals surface area contributed by atoms with E-state index in [0.29, 0.717) is 29.0 Å². The molecule has 0 radical (unpaired) electrons. The molecule has 0 aliphatic carbocycles. The Morgan fingerprint density at radius 3 is 3.04 bits per heavy atom. The van der Waals surface area contributed by atoms with E-state index >= 15 is 0 Å². The minimum atomic E-state index is -2.67. The molecule has 4 N–H and O–H groups in total. The molecule has 0 saturated carbocycles. The first kappa shape index (κ1) is 14.8. The monoisotopic (exact) mass is 332 g/mol. The number of aromatic amines is 2. The quantitative estimate of drug-likeness (QED) is 0.590. The lowest BCUT2D eigenvalue weighted by Gasteiger charge is -2.12. The first-order chi connectivity index (χ1) is 11.6. The third kappa shape index (κ3) is 2.52. The highest BCUT2D eigenvalue weighted by Gasteiger charge is 2.21. The second-order valence-corrected chi connectivity index (χ2v) is 5.56. The van der Waals surface area contributed by atoms with Crippen molar-refractivity contribution in [2.75, 3.05) is 11.9 Å². The summed E-state index contributed by atoms with van der Waals surface area (Å²) in [7, 11) is 0. The average molecular weight is 332 g/mol. The molecule has 1 amide bonds. The predicted molar refractivity (Wildman–Crippen MR) is 83.0 cm³/mol. The molecule has 0 saturated heterocycles. The average Bonchev–Trinajstić information content (AvgIpc) is 3.18. The number of fused-ring (bicyclic) bond motifs is 2. The number of anilines is 1. The van der Waals surface area contributed by atoms with E-state index in [4.69, 9.17) is 0 Å². The third-order valence-corrected chi connectivity index (χ3v) is 3.99. The van der Waals surface area contributed by atoms with E-state index in [0.717, 1.165) is 24.2 Å². The van der Waals surface area contributed by atoms with Gasteiger partial charge in [0.15, 0.2) is 11.5 Å². The van der Waals surface area contributed by atoms with E-state index in [9.17, 15) is 13.6 Å². The van der Waals surface area contributed by atoms with E-state index < -0.39 is 6.43 Å². The first-order valence-corrected chi connectivity index (χ1v) is 7.48. The topological polar surface area (TPSA) is 98.5 Å². The molecule has 0 unspecified atom stereocenters. The van der Waals surface area contributed by atoms with Gasteiger partial charge in [-0.2, -0.15) is 5.10 Å². The molecular formula is C15H14F2N6O. The summed E-state index contributed by atoms with van der Waals surface area (Å²) in [6.07, 6.45) is -1.87. The van der Waals surface area contributed by atoms with Crippen LogP contribution in [0, 0.1) is 0 Å². The Hall–Kier alpha value is -2.81. The Labute approximate surface area is 134 Å². The number of nitrogens with one attached hydrogen (secondary N) is 4. The number of carbonyl (C=O) groups is 1. The lowest BCUT2D eigenvalue weighted by atomic mass is 10.1. The Balaban J connectivity index is 1.59. The molecule has 1 aliphatic heterocycles. The van der Waals surface area contributed by atoms with Gasteiger partial charge in [-0.25, -0.2) is 13.8 Å². The van der Waals surface area contributed by atoms with Crippen molar-refractivity contribution >= 4 is 22.6 Å². The lowest BCUT2D eigenvalue weighted by molar-refractivity contribution is 0.102. The number of aromatic nitrogens is 4.